The molecule has 0 aliphatic heterocycles. The molecule has 0 radical (unpaired) electrons. The highest BCUT2D eigenvalue weighted by Gasteiger charge is 2.20. The van der Waals surface area contributed by atoms with Gasteiger partial charge >= 0.3 is 0 Å². The normalized spacial score (nSPS) is 18.0. The number of nitrogens with one attached hydrogen (secondary N) is 1. The van der Waals surface area contributed by atoms with Gasteiger partial charge < -0.3 is 5.32 Å². The zero-order chi connectivity index (χ0) is 10.7. The van der Waals surface area contributed by atoms with Gasteiger partial charge in [-0.2, -0.15) is 0 Å². The van der Waals surface area contributed by atoms with Crippen LogP contribution in [-0.4, -0.2) is 21.0 Å². The average Bonchev–Trinajstić information content (AvgIpc) is 2.97. The molecule has 1 fully saturated rings. The van der Waals surface area contributed by atoms with Gasteiger partial charge in [-0.15, -0.1) is 5.10 Å². The van der Waals surface area contributed by atoms with Crippen molar-refractivity contribution in [3.8, 4) is 0 Å². The first-order valence-corrected chi connectivity index (χ1v) is 5.90. The Labute approximate surface area is 91.1 Å². The van der Waals surface area contributed by atoms with Crippen LogP contribution in [0.1, 0.15) is 38.8 Å². The molecular formula is C11H20N4. The van der Waals surface area contributed by atoms with Crippen LogP contribution in [0.3, 0.4) is 0 Å². The third-order valence-corrected chi connectivity index (χ3v) is 2.93. The van der Waals surface area contributed by atoms with Crippen LogP contribution in [0.2, 0.25) is 0 Å². The third kappa shape index (κ3) is 3.30. The van der Waals surface area contributed by atoms with Crippen molar-refractivity contribution in [2.75, 3.05) is 0 Å². The molecule has 1 atom stereocenters. The maximum absolute atomic E-state index is 4.15. The van der Waals surface area contributed by atoms with E-state index < -0.39 is 0 Å². The Bertz CT molecular complexity index is 303. The van der Waals surface area contributed by atoms with Crippen LogP contribution < -0.4 is 5.32 Å². The molecule has 4 heteroatoms. The van der Waals surface area contributed by atoms with Gasteiger partial charge in [-0.1, -0.05) is 25.5 Å². The number of aromatic nitrogens is 3. The maximum Gasteiger partial charge on any atom is 0.0964 e. The summed E-state index contributed by atoms with van der Waals surface area (Å²) in [5.41, 5.74) is 1.06. The number of hydrogen-bond acceptors (Lipinski definition) is 3. The molecule has 0 amide bonds. The van der Waals surface area contributed by atoms with Crippen molar-refractivity contribution in [1.82, 2.24) is 20.3 Å². The molecule has 1 aromatic rings. The Morgan fingerprint density at radius 2 is 2.40 bits per heavy atom. The van der Waals surface area contributed by atoms with E-state index in [4.69, 9.17) is 0 Å². The van der Waals surface area contributed by atoms with E-state index in [0.717, 1.165) is 24.8 Å². The van der Waals surface area contributed by atoms with Crippen molar-refractivity contribution in [2.24, 2.45) is 5.92 Å². The fourth-order valence-corrected chi connectivity index (χ4v) is 1.49. The van der Waals surface area contributed by atoms with Gasteiger partial charge in [0.15, 0.2) is 0 Å². The van der Waals surface area contributed by atoms with E-state index in [1.165, 1.54) is 19.3 Å². The van der Waals surface area contributed by atoms with E-state index in [1.807, 2.05) is 4.68 Å². The van der Waals surface area contributed by atoms with E-state index in [9.17, 15) is 0 Å². The summed E-state index contributed by atoms with van der Waals surface area (Å²) in [5, 5.41) is 11.7. The Balaban J connectivity index is 1.79. The molecular weight excluding hydrogens is 188 g/mol. The smallest absolute Gasteiger partial charge is 0.0964 e. The van der Waals surface area contributed by atoms with Crippen molar-refractivity contribution < 1.29 is 0 Å². The van der Waals surface area contributed by atoms with Gasteiger partial charge in [0, 0.05) is 25.3 Å². The second kappa shape index (κ2) is 4.75. The lowest BCUT2D eigenvalue weighted by Crippen LogP contribution is -2.15. The Kier molecular flexibility index (Phi) is 3.36. The van der Waals surface area contributed by atoms with Crippen molar-refractivity contribution in [3.05, 3.63) is 11.9 Å². The zero-order valence-electron chi connectivity index (χ0n) is 9.61. The highest BCUT2D eigenvalue weighted by molar-refractivity contribution is 4.94. The lowest BCUT2D eigenvalue weighted by molar-refractivity contribution is 0.431. The van der Waals surface area contributed by atoms with E-state index in [-0.39, 0.29) is 0 Å². The minimum absolute atomic E-state index is 0.677. The monoisotopic (exact) mass is 208 g/mol. The molecule has 1 aromatic heterocycles. The van der Waals surface area contributed by atoms with Crippen LogP contribution in [0, 0.1) is 5.92 Å². The first-order chi connectivity index (χ1) is 7.28. The molecule has 4 nitrogen and oxygen atoms in total. The van der Waals surface area contributed by atoms with Gasteiger partial charge in [-0.3, -0.25) is 4.68 Å². The van der Waals surface area contributed by atoms with E-state index in [1.54, 1.807) is 0 Å². The Morgan fingerprint density at radius 1 is 1.60 bits per heavy atom. The molecule has 1 aliphatic carbocycles. The number of nitrogens with zero attached hydrogens (tertiary/aromatic N) is 3. The van der Waals surface area contributed by atoms with E-state index in [0.29, 0.717) is 5.92 Å². The lowest BCUT2D eigenvalue weighted by atomic mass is 10.1. The SMILES string of the molecule is CCC(C)Cn1cc(CNC2CC2)nn1. The summed E-state index contributed by atoms with van der Waals surface area (Å²) in [4.78, 5) is 0. The summed E-state index contributed by atoms with van der Waals surface area (Å²) in [7, 11) is 0. The standard InChI is InChI=1S/C11H20N4/c1-3-9(2)7-15-8-11(13-14-15)6-12-10-4-5-10/h8-10,12H,3-7H2,1-2H3. The third-order valence-electron chi connectivity index (χ3n) is 2.93. The largest absolute Gasteiger partial charge is 0.308 e. The summed E-state index contributed by atoms with van der Waals surface area (Å²) >= 11 is 0. The molecule has 1 saturated carbocycles. The van der Waals surface area contributed by atoms with Gasteiger partial charge in [0.2, 0.25) is 0 Å². The molecule has 15 heavy (non-hydrogen) atoms. The molecule has 1 heterocycles. The van der Waals surface area contributed by atoms with Crippen molar-refractivity contribution >= 4 is 0 Å². The predicted octanol–water partition coefficient (Wildman–Crippen LogP) is 1.58. The van der Waals surface area contributed by atoms with Crippen molar-refractivity contribution in [1.29, 1.82) is 0 Å². The summed E-state index contributed by atoms with van der Waals surface area (Å²) in [6, 6.07) is 0.740. The molecule has 0 saturated heterocycles. The predicted molar refractivity (Wildman–Crippen MR) is 59.3 cm³/mol. The molecule has 2 rings (SSSR count). The van der Waals surface area contributed by atoms with E-state index in [2.05, 4.69) is 35.7 Å². The van der Waals surface area contributed by atoms with Crippen molar-refractivity contribution in [3.63, 3.8) is 0 Å². The Hall–Kier alpha value is -0.900. The Morgan fingerprint density at radius 3 is 3.07 bits per heavy atom. The molecule has 0 aromatic carbocycles. The second-order valence-electron chi connectivity index (χ2n) is 4.60. The van der Waals surface area contributed by atoms with Gasteiger partial charge in [-0.25, -0.2) is 0 Å². The first-order valence-electron chi connectivity index (χ1n) is 5.90. The van der Waals surface area contributed by atoms with Crippen LogP contribution in [0.15, 0.2) is 6.20 Å². The van der Waals surface area contributed by atoms with Crippen LogP contribution >= 0.6 is 0 Å². The van der Waals surface area contributed by atoms with Crippen LogP contribution in [0.4, 0.5) is 0 Å². The van der Waals surface area contributed by atoms with Crippen LogP contribution in [0.25, 0.3) is 0 Å². The fraction of sp³-hybridized carbons (Fsp3) is 0.818. The quantitative estimate of drug-likeness (QED) is 0.771. The first kappa shape index (κ1) is 10.6. The van der Waals surface area contributed by atoms with Gasteiger partial charge in [0.05, 0.1) is 5.69 Å². The number of hydrogen-bond donors (Lipinski definition) is 1. The van der Waals surface area contributed by atoms with E-state index >= 15 is 0 Å². The minimum atomic E-state index is 0.677. The molecule has 0 bridgehead atoms. The average molecular weight is 208 g/mol. The molecule has 1 unspecified atom stereocenters. The molecule has 0 spiro atoms. The van der Waals surface area contributed by atoms with Gasteiger partial charge in [0.25, 0.3) is 0 Å². The van der Waals surface area contributed by atoms with Crippen LogP contribution in [-0.2, 0) is 13.1 Å². The fourth-order valence-electron chi connectivity index (χ4n) is 1.49. The molecule has 84 valence electrons. The highest BCUT2D eigenvalue weighted by atomic mass is 15.4. The lowest BCUT2D eigenvalue weighted by Gasteiger charge is -2.06. The second-order valence-corrected chi connectivity index (χ2v) is 4.60. The topological polar surface area (TPSA) is 42.7 Å². The summed E-state index contributed by atoms with van der Waals surface area (Å²) in [6.07, 6.45) is 5.89. The summed E-state index contributed by atoms with van der Waals surface area (Å²) in [6.45, 7) is 6.29. The van der Waals surface area contributed by atoms with Crippen LogP contribution in [0.5, 0.6) is 0 Å². The highest BCUT2D eigenvalue weighted by Crippen LogP contribution is 2.18. The molecule has 1 aliphatic rings. The minimum Gasteiger partial charge on any atom is -0.308 e. The number of rotatable bonds is 6. The zero-order valence-corrected chi connectivity index (χ0v) is 9.61. The molecule has 1 N–H and O–H groups in total. The summed E-state index contributed by atoms with van der Waals surface area (Å²) < 4.78 is 1.96. The van der Waals surface area contributed by atoms with Gasteiger partial charge in [-0.05, 0) is 18.8 Å². The summed E-state index contributed by atoms with van der Waals surface area (Å²) in [5.74, 6) is 0.677. The maximum atomic E-state index is 4.15. The van der Waals surface area contributed by atoms with Crippen molar-refractivity contribution in [2.45, 2.75) is 52.2 Å². The van der Waals surface area contributed by atoms with Gasteiger partial charge in [0.1, 0.15) is 0 Å².